The number of fused-ring (bicyclic) bond motifs is 2. The van der Waals surface area contributed by atoms with E-state index in [0.717, 1.165) is 5.52 Å². The van der Waals surface area contributed by atoms with E-state index < -0.39 is 0 Å². The Hall–Kier alpha value is -3.39. The van der Waals surface area contributed by atoms with Crippen LogP contribution in [0.4, 0.5) is 0 Å². The first kappa shape index (κ1) is 15.2. The Balaban J connectivity index is 0.000000136. The van der Waals surface area contributed by atoms with Crippen LogP contribution in [0.3, 0.4) is 0 Å². The molecule has 5 rings (SSSR count). The van der Waals surface area contributed by atoms with Gasteiger partial charge in [-0.25, -0.2) is 0 Å². The van der Waals surface area contributed by atoms with E-state index in [0.29, 0.717) is 0 Å². The van der Waals surface area contributed by atoms with E-state index in [1.54, 1.807) is 0 Å². The highest BCUT2D eigenvalue weighted by Crippen LogP contribution is 2.19. The van der Waals surface area contributed by atoms with Crippen molar-refractivity contribution in [3.05, 3.63) is 109 Å². The van der Waals surface area contributed by atoms with Crippen molar-refractivity contribution >= 4 is 21.8 Å². The Morgan fingerprint density at radius 2 is 1.24 bits per heavy atom. The fourth-order valence-corrected chi connectivity index (χ4v) is 2.91. The van der Waals surface area contributed by atoms with Gasteiger partial charge in [0, 0.05) is 23.5 Å². The third-order valence-corrected chi connectivity index (χ3v) is 4.15. The Morgan fingerprint density at radius 1 is 0.560 bits per heavy atom. The second-order valence-corrected chi connectivity index (χ2v) is 5.78. The van der Waals surface area contributed by atoms with Gasteiger partial charge in [0.2, 0.25) is 0 Å². The number of para-hydroxylation sites is 3. The molecule has 0 saturated carbocycles. The fraction of sp³-hybridized carbons (Fsp3) is 0. The van der Waals surface area contributed by atoms with Gasteiger partial charge in [-0.2, -0.15) is 0 Å². The Morgan fingerprint density at radius 3 is 2.08 bits per heavy atom. The summed E-state index contributed by atoms with van der Waals surface area (Å²) in [6.07, 6.45) is 3.92. The smallest absolute Gasteiger partial charge is 0.0701 e. The minimum Gasteiger partial charge on any atom is -0.317 e. The van der Waals surface area contributed by atoms with Crippen molar-refractivity contribution in [3.63, 3.8) is 0 Å². The van der Waals surface area contributed by atoms with Gasteiger partial charge in [-0.3, -0.25) is 4.98 Å². The van der Waals surface area contributed by atoms with Crippen LogP contribution in [0.5, 0.6) is 0 Å². The maximum atomic E-state index is 4.18. The van der Waals surface area contributed by atoms with Gasteiger partial charge in [0.1, 0.15) is 0 Å². The normalized spacial score (nSPS) is 10.4. The van der Waals surface area contributed by atoms with Crippen LogP contribution < -0.4 is 0 Å². The molecule has 0 saturated heterocycles. The first-order valence-corrected chi connectivity index (χ1v) is 8.33. The van der Waals surface area contributed by atoms with Gasteiger partial charge in [0.05, 0.1) is 11.0 Å². The standard InChI is InChI=1S/C14H11N.C9H7N/c1-2-7-13(8-3-1)15-11-10-12-6-4-5-9-14(12)15;1-2-6-9-8(4-1)5-3-7-10-9/h1-11H;1-7H. The maximum absolute atomic E-state index is 4.18. The van der Waals surface area contributed by atoms with Crippen LogP contribution in [0.1, 0.15) is 0 Å². The molecule has 2 nitrogen and oxygen atoms in total. The molecule has 0 amide bonds. The van der Waals surface area contributed by atoms with E-state index in [-0.39, 0.29) is 0 Å². The van der Waals surface area contributed by atoms with Gasteiger partial charge in [-0.1, -0.05) is 60.7 Å². The minimum absolute atomic E-state index is 1.06. The Bertz CT molecular complexity index is 1030. The van der Waals surface area contributed by atoms with Crippen LogP contribution in [0, 0.1) is 0 Å². The Kier molecular flexibility index (Phi) is 4.25. The van der Waals surface area contributed by atoms with Crippen molar-refractivity contribution in [2.24, 2.45) is 0 Å². The molecule has 3 aromatic carbocycles. The van der Waals surface area contributed by atoms with Crippen LogP contribution in [0.25, 0.3) is 27.5 Å². The molecule has 0 N–H and O–H groups in total. The zero-order valence-electron chi connectivity index (χ0n) is 13.8. The van der Waals surface area contributed by atoms with E-state index in [2.05, 4.69) is 82.5 Å². The van der Waals surface area contributed by atoms with Gasteiger partial charge < -0.3 is 4.57 Å². The molecule has 2 heterocycles. The molecule has 2 aromatic heterocycles. The van der Waals surface area contributed by atoms with Crippen molar-refractivity contribution < 1.29 is 0 Å². The summed E-state index contributed by atoms with van der Waals surface area (Å²) in [7, 11) is 0. The van der Waals surface area contributed by atoms with Crippen molar-refractivity contribution in [2.45, 2.75) is 0 Å². The lowest BCUT2D eigenvalue weighted by Gasteiger charge is -2.04. The molecule has 0 fully saturated rings. The highest BCUT2D eigenvalue weighted by atomic mass is 15.0. The number of pyridine rings is 1. The maximum Gasteiger partial charge on any atom is 0.0701 e. The molecule has 0 spiro atoms. The average Bonchev–Trinajstić information content (AvgIpc) is 3.13. The van der Waals surface area contributed by atoms with E-state index in [9.17, 15) is 0 Å². The number of hydrogen-bond donors (Lipinski definition) is 0. The summed E-state index contributed by atoms with van der Waals surface area (Å²) in [5.41, 5.74) is 3.52. The predicted molar refractivity (Wildman–Crippen MR) is 105 cm³/mol. The summed E-state index contributed by atoms with van der Waals surface area (Å²) in [6.45, 7) is 0. The monoisotopic (exact) mass is 322 g/mol. The number of nitrogens with zero attached hydrogens (tertiary/aromatic N) is 2. The molecular weight excluding hydrogens is 304 g/mol. The molecule has 0 bridgehead atoms. The van der Waals surface area contributed by atoms with Gasteiger partial charge in [-0.15, -0.1) is 0 Å². The molecule has 5 aromatic rings. The van der Waals surface area contributed by atoms with Gasteiger partial charge >= 0.3 is 0 Å². The van der Waals surface area contributed by atoms with Crippen molar-refractivity contribution in [3.8, 4) is 5.69 Å². The van der Waals surface area contributed by atoms with Gasteiger partial charge in [0.15, 0.2) is 0 Å². The summed E-state index contributed by atoms with van der Waals surface area (Å²) in [5, 5.41) is 2.48. The second kappa shape index (κ2) is 7.02. The Labute approximate surface area is 147 Å². The molecule has 0 unspecified atom stereocenters. The molecule has 2 heteroatoms. The van der Waals surface area contributed by atoms with E-state index in [1.807, 2.05) is 36.5 Å². The molecule has 120 valence electrons. The highest BCUT2D eigenvalue weighted by molar-refractivity contribution is 5.81. The van der Waals surface area contributed by atoms with Gasteiger partial charge in [-0.05, 0) is 41.8 Å². The number of aromatic nitrogens is 2. The minimum atomic E-state index is 1.06. The first-order valence-electron chi connectivity index (χ1n) is 8.33. The van der Waals surface area contributed by atoms with Crippen LogP contribution in [-0.2, 0) is 0 Å². The second-order valence-electron chi connectivity index (χ2n) is 5.78. The molecule has 0 radical (unpaired) electrons. The van der Waals surface area contributed by atoms with Crippen molar-refractivity contribution in [2.75, 3.05) is 0 Å². The zero-order valence-corrected chi connectivity index (χ0v) is 13.8. The lowest BCUT2D eigenvalue weighted by atomic mass is 10.2. The lowest BCUT2D eigenvalue weighted by Crippen LogP contribution is -1.89. The quantitative estimate of drug-likeness (QED) is 0.377. The molecule has 25 heavy (non-hydrogen) atoms. The predicted octanol–water partition coefficient (Wildman–Crippen LogP) is 5.87. The van der Waals surface area contributed by atoms with Crippen molar-refractivity contribution in [1.82, 2.24) is 9.55 Å². The average molecular weight is 322 g/mol. The van der Waals surface area contributed by atoms with Crippen LogP contribution in [0.15, 0.2) is 109 Å². The van der Waals surface area contributed by atoms with Crippen LogP contribution in [0.2, 0.25) is 0 Å². The topological polar surface area (TPSA) is 17.8 Å². The third kappa shape index (κ3) is 3.29. The van der Waals surface area contributed by atoms with Crippen LogP contribution in [-0.4, -0.2) is 9.55 Å². The third-order valence-electron chi connectivity index (χ3n) is 4.15. The lowest BCUT2D eigenvalue weighted by molar-refractivity contribution is 1.13. The first-order chi connectivity index (χ1) is 12.4. The van der Waals surface area contributed by atoms with E-state index in [1.165, 1.54) is 22.0 Å². The molecule has 0 aliphatic carbocycles. The summed E-state index contributed by atoms with van der Waals surface area (Å²) < 4.78 is 2.20. The number of benzene rings is 3. The van der Waals surface area contributed by atoms with Crippen LogP contribution >= 0.6 is 0 Å². The largest absolute Gasteiger partial charge is 0.317 e. The van der Waals surface area contributed by atoms with Gasteiger partial charge in [0.25, 0.3) is 0 Å². The van der Waals surface area contributed by atoms with E-state index in [4.69, 9.17) is 0 Å². The number of hydrogen-bond acceptors (Lipinski definition) is 1. The highest BCUT2D eigenvalue weighted by Gasteiger charge is 2.00. The summed E-state index contributed by atoms with van der Waals surface area (Å²) >= 11 is 0. The molecule has 0 aliphatic rings. The molecule has 0 atom stereocenters. The zero-order chi connectivity index (χ0) is 16.9. The van der Waals surface area contributed by atoms with E-state index >= 15 is 0 Å². The fourth-order valence-electron chi connectivity index (χ4n) is 2.91. The molecular formula is C23H18N2. The SMILES string of the molecule is c1ccc(-n2ccc3ccccc32)cc1.c1ccc2ncccc2c1. The molecule has 0 aliphatic heterocycles. The van der Waals surface area contributed by atoms with Crippen molar-refractivity contribution in [1.29, 1.82) is 0 Å². The number of rotatable bonds is 1. The summed E-state index contributed by atoms with van der Waals surface area (Å²) in [4.78, 5) is 4.18. The summed E-state index contributed by atoms with van der Waals surface area (Å²) in [6, 6.07) is 33.0. The summed E-state index contributed by atoms with van der Waals surface area (Å²) in [5.74, 6) is 0.